The van der Waals surface area contributed by atoms with Crippen molar-refractivity contribution in [3.63, 3.8) is 0 Å². The van der Waals surface area contributed by atoms with E-state index in [1.165, 1.54) is 17.8 Å². The van der Waals surface area contributed by atoms with Gasteiger partial charge in [0, 0.05) is 23.4 Å². The van der Waals surface area contributed by atoms with Crippen LogP contribution in [0, 0.1) is 0 Å². The second-order valence-electron chi connectivity index (χ2n) is 6.27. The molecule has 0 spiro atoms. The van der Waals surface area contributed by atoms with Gasteiger partial charge in [-0.05, 0) is 35.4 Å². The molecule has 150 valence electrons. The summed E-state index contributed by atoms with van der Waals surface area (Å²) < 4.78 is 5.17. The van der Waals surface area contributed by atoms with E-state index in [9.17, 15) is 9.59 Å². The number of benzene rings is 2. The van der Waals surface area contributed by atoms with E-state index in [1.807, 2.05) is 42.5 Å². The smallest absolute Gasteiger partial charge is 0.251 e. The number of hydrogen-bond acceptors (Lipinski definition) is 5. The van der Waals surface area contributed by atoms with Crippen LogP contribution in [0.15, 0.2) is 64.5 Å². The van der Waals surface area contributed by atoms with E-state index in [-0.39, 0.29) is 17.9 Å². The van der Waals surface area contributed by atoms with Gasteiger partial charge in [-0.1, -0.05) is 47.6 Å². The zero-order valence-corrected chi connectivity index (χ0v) is 17.3. The fourth-order valence-electron chi connectivity index (χ4n) is 2.63. The molecule has 0 fully saturated rings. The molecule has 0 aliphatic heterocycles. The van der Waals surface area contributed by atoms with Gasteiger partial charge in [0.2, 0.25) is 5.91 Å². The SMILES string of the molecule is COc1cccc(CNC(=O)Cc2cc(=O)[nH]c(SCc3cccc(Cl)c3)n2)c1. The van der Waals surface area contributed by atoms with E-state index in [0.29, 0.717) is 28.2 Å². The van der Waals surface area contributed by atoms with Crippen LogP contribution >= 0.6 is 23.4 Å². The maximum atomic E-state index is 12.3. The maximum absolute atomic E-state index is 12.3. The van der Waals surface area contributed by atoms with Gasteiger partial charge in [0.25, 0.3) is 5.56 Å². The van der Waals surface area contributed by atoms with Crippen LogP contribution in [0.25, 0.3) is 0 Å². The van der Waals surface area contributed by atoms with Crippen LogP contribution in [0.3, 0.4) is 0 Å². The van der Waals surface area contributed by atoms with E-state index in [2.05, 4.69) is 15.3 Å². The largest absolute Gasteiger partial charge is 0.497 e. The summed E-state index contributed by atoms with van der Waals surface area (Å²) >= 11 is 7.37. The zero-order chi connectivity index (χ0) is 20.6. The molecule has 0 bridgehead atoms. The quantitative estimate of drug-likeness (QED) is 0.422. The highest BCUT2D eigenvalue weighted by Crippen LogP contribution is 2.20. The molecule has 0 aliphatic rings. The van der Waals surface area contributed by atoms with E-state index in [1.54, 1.807) is 13.2 Å². The summed E-state index contributed by atoms with van der Waals surface area (Å²) in [5.74, 6) is 1.13. The minimum atomic E-state index is -0.288. The number of H-pyrrole nitrogens is 1. The van der Waals surface area contributed by atoms with Gasteiger partial charge in [-0.3, -0.25) is 9.59 Å². The number of thioether (sulfide) groups is 1. The van der Waals surface area contributed by atoms with Crippen LogP contribution in [0.5, 0.6) is 5.75 Å². The number of rotatable bonds is 8. The monoisotopic (exact) mass is 429 g/mol. The van der Waals surface area contributed by atoms with Crippen molar-refractivity contribution in [2.24, 2.45) is 0 Å². The molecule has 2 N–H and O–H groups in total. The molecule has 0 unspecified atom stereocenters. The first-order valence-corrected chi connectivity index (χ1v) is 10.3. The van der Waals surface area contributed by atoms with Crippen LogP contribution in [-0.2, 0) is 23.5 Å². The number of hydrogen-bond donors (Lipinski definition) is 2. The lowest BCUT2D eigenvalue weighted by molar-refractivity contribution is -0.120. The van der Waals surface area contributed by atoms with Gasteiger partial charge in [-0.2, -0.15) is 0 Å². The highest BCUT2D eigenvalue weighted by molar-refractivity contribution is 7.98. The number of aromatic nitrogens is 2. The van der Waals surface area contributed by atoms with Crippen molar-refractivity contribution >= 4 is 29.3 Å². The number of amides is 1. The molecule has 1 amide bonds. The Kier molecular flexibility index (Phi) is 7.32. The lowest BCUT2D eigenvalue weighted by Crippen LogP contribution is -2.25. The van der Waals surface area contributed by atoms with Gasteiger partial charge < -0.3 is 15.0 Å². The van der Waals surface area contributed by atoms with Crippen LogP contribution in [-0.4, -0.2) is 23.0 Å². The Bertz CT molecular complexity index is 1060. The average Bonchev–Trinajstić information content (AvgIpc) is 2.70. The standard InChI is InChI=1S/C21H20ClN3O3S/c1-28-18-7-3-4-14(9-18)12-23-19(26)10-17-11-20(27)25-21(24-17)29-13-15-5-2-6-16(22)8-15/h2-9,11H,10,12-13H2,1H3,(H,23,26)(H,24,25,27). The van der Waals surface area contributed by atoms with E-state index in [0.717, 1.165) is 16.9 Å². The number of carbonyl (C=O) groups excluding carboxylic acids is 1. The second kappa shape index (κ2) is 10.1. The highest BCUT2D eigenvalue weighted by Gasteiger charge is 2.09. The highest BCUT2D eigenvalue weighted by atomic mass is 35.5. The normalized spacial score (nSPS) is 10.6. The van der Waals surface area contributed by atoms with Crippen molar-refractivity contribution < 1.29 is 9.53 Å². The fraction of sp³-hybridized carbons (Fsp3) is 0.190. The predicted molar refractivity (Wildman–Crippen MR) is 114 cm³/mol. The van der Waals surface area contributed by atoms with Crippen LogP contribution < -0.4 is 15.6 Å². The van der Waals surface area contributed by atoms with Gasteiger partial charge >= 0.3 is 0 Å². The van der Waals surface area contributed by atoms with Gasteiger partial charge in [-0.25, -0.2) is 4.98 Å². The van der Waals surface area contributed by atoms with Crippen molar-refractivity contribution in [1.82, 2.24) is 15.3 Å². The second-order valence-corrected chi connectivity index (χ2v) is 7.67. The summed E-state index contributed by atoms with van der Waals surface area (Å²) in [6.07, 6.45) is 0.0264. The first-order chi connectivity index (χ1) is 14.0. The molecule has 3 rings (SSSR count). The van der Waals surface area contributed by atoms with E-state index < -0.39 is 0 Å². The van der Waals surface area contributed by atoms with E-state index in [4.69, 9.17) is 16.3 Å². The zero-order valence-electron chi connectivity index (χ0n) is 15.8. The van der Waals surface area contributed by atoms with E-state index >= 15 is 0 Å². The topological polar surface area (TPSA) is 84.1 Å². The Morgan fingerprint density at radius 1 is 1.17 bits per heavy atom. The Labute approximate surface area is 177 Å². The molecule has 0 saturated carbocycles. The molecule has 3 aromatic rings. The Morgan fingerprint density at radius 2 is 1.97 bits per heavy atom. The number of ether oxygens (including phenoxy) is 1. The number of carbonyl (C=O) groups is 1. The van der Waals surface area contributed by atoms with Crippen molar-refractivity contribution in [2.75, 3.05) is 7.11 Å². The molecule has 6 nitrogen and oxygen atoms in total. The van der Waals surface area contributed by atoms with Crippen molar-refractivity contribution in [3.05, 3.63) is 86.8 Å². The lowest BCUT2D eigenvalue weighted by atomic mass is 10.2. The van der Waals surface area contributed by atoms with Crippen molar-refractivity contribution in [1.29, 1.82) is 0 Å². The summed E-state index contributed by atoms with van der Waals surface area (Å²) in [7, 11) is 1.60. The third kappa shape index (κ3) is 6.66. The van der Waals surface area contributed by atoms with Crippen molar-refractivity contribution in [3.8, 4) is 5.75 Å². The minimum Gasteiger partial charge on any atom is -0.497 e. The van der Waals surface area contributed by atoms with Gasteiger partial charge in [-0.15, -0.1) is 0 Å². The summed E-state index contributed by atoms with van der Waals surface area (Å²) in [4.78, 5) is 31.3. The summed E-state index contributed by atoms with van der Waals surface area (Å²) in [5, 5.41) is 3.96. The molecule has 0 saturated heterocycles. The first-order valence-electron chi connectivity index (χ1n) is 8.89. The summed E-state index contributed by atoms with van der Waals surface area (Å²) in [5.41, 5.74) is 2.08. The summed E-state index contributed by atoms with van der Waals surface area (Å²) in [6.45, 7) is 0.371. The van der Waals surface area contributed by atoms with Gasteiger partial charge in [0.1, 0.15) is 5.75 Å². The summed E-state index contributed by atoms with van der Waals surface area (Å²) in [6, 6.07) is 16.3. The third-order valence-electron chi connectivity index (χ3n) is 4.00. The number of halogens is 1. The molecule has 29 heavy (non-hydrogen) atoms. The van der Waals surface area contributed by atoms with Gasteiger partial charge in [0.05, 0.1) is 19.2 Å². The number of aromatic amines is 1. The molecule has 1 heterocycles. The van der Waals surface area contributed by atoms with Crippen LogP contribution in [0.1, 0.15) is 16.8 Å². The Hall–Kier alpha value is -2.77. The maximum Gasteiger partial charge on any atom is 0.251 e. The van der Waals surface area contributed by atoms with Gasteiger partial charge in [0.15, 0.2) is 5.16 Å². The molecule has 0 aliphatic carbocycles. The lowest BCUT2D eigenvalue weighted by Gasteiger charge is -2.08. The molecule has 1 aromatic heterocycles. The van der Waals surface area contributed by atoms with Crippen LogP contribution in [0.2, 0.25) is 5.02 Å². The molecule has 8 heteroatoms. The minimum absolute atomic E-state index is 0.0264. The van der Waals surface area contributed by atoms with Crippen molar-refractivity contribution in [2.45, 2.75) is 23.9 Å². The molecule has 0 radical (unpaired) electrons. The number of methoxy groups -OCH3 is 1. The molecule has 2 aromatic carbocycles. The number of nitrogens with one attached hydrogen (secondary N) is 2. The average molecular weight is 430 g/mol. The molecular formula is C21H20ClN3O3S. The third-order valence-corrected chi connectivity index (χ3v) is 5.18. The first kappa shape index (κ1) is 21.0. The fourth-order valence-corrected chi connectivity index (χ4v) is 3.68. The Balaban J connectivity index is 1.58. The van der Waals surface area contributed by atoms with Crippen LogP contribution in [0.4, 0.5) is 0 Å². The molecular weight excluding hydrogens is 410 g/mol. The molecule has 0 atom stereocenters. The number of nitrogens with zero attached hydrogens (tertiary/aromatic N) is 1. The predicted octanol–water partition coefficient (Wildman–Crippen LogP) is 3.58. The Morgan fingerprint density at radius 3 is 2.76 bits per heavy atom.